The zero-order valence-corrected chi connectivity index (χ0v) is 16.2. The third-order valence-electron chi connectivity index (χ3n) is 4.87. The van der Waals surface area contributed by atoms with Crippen LogP contribution in [0.4, 0.5) is 0 Å². The molecule has 0 spiro atoms. The van der Waals surface area contributed by atoms with Crippen LogP contribution in [0, 0.1) is 6.92 Å². The van der Waals surface area contributed by atoms with E-state index in [4.69, 9.17) is 15.6 Å². The summed E-state index contributed by atoms with van der Waals surface area (Å²) in [6, 6.07) is 21.7. The van der Waals surface area contributed by atoms with Crippen LogP contribution in [0.3, 0.4) is 0 Å². The van der Waals surface area contributed by atoms with Crippen LogP contribution in [-0.4, -0.2) is 11.1 Å². The van der Waals surface area contributed by atoms with Crippen LogP contribution in [0.25, 0.3) is 11.1 Å². The molecule has 0 aliphatic carbocycles. The van der Waals surface area contributed by atoms with Gasteiger partial charge in [0.25, 0.3) is 0 Å². The molecule has 0 radical (unpaired) electrons. The van der Waals surface area contributed by atoms with Crippen LogP contribution < -0.4 is 10.5 Å². The lowest BCUT2D eigenvalue weighted by atomic mass is 9.94. The fourth-order valence-electron chi connectivity index (χ4n) is 3.25. The van der Waals surface area contributed by atoms with Gasteiger partial charge in [0.1, 0.15) is 12.4 Å². The van der Waals surface area contributed by atoms with Gasteiger partial charge in [-0.05, 0) is 53.8 Å². The van der Waals surface area contributed by atoms with Gasteiger partial charge < -0.3 is 15.6 Å². The average molecular weight is 375 g/mol. The van der Waals surface area contributed by atoms with E-state index in [0.717, 1.165) is 27.8 Å². The van der Waals surface area contributed by atoms with Crippen LogP contribution in [-0.2, 0) is 17.8 Å². The smallest absolute Gasteiger partial charge is 0.307 e. The molecule has 3 rings (SSSR count). The molecule has 4 heteroatoms. The topological polar surface area (TPSA) is 72.5 Å². The van der Waals surface area contributed by atoms with Crippen molar-refractivity contribution in [1.29, 1.82) is 0 Å². The molecule has 1 atom stereocenters. The molecule has 0 bridgehead atoms. The normalized spacial score (nSPS) is 11.8. The number of hydrogen-bond donors (Lipinski definition) is 2. The maximum absolute atomic E-state index is 11.1. The highest BCUT2D eigenvalue weighted by Crippen LogP contribution is 2.29. The zero-order valence-electron chi connectivity index (χ0n) is 16.2. The van der Waals surface area contributed by atoms with Crippen LogP contribution in [0.1, 0.15) is 35.2 Å². The van der Waals surface area contributed by atoms with Gasteiger partial charge in [-0.1, -0.05) is 54.6 Å². The molecule has 0 aliphatic heterocycles. The molecule has 0 saturated carbocycles. The van der Waals surface area contributed by atoms with Crippen molar-refractivity contribution in [3.05, 3.63) is 89.0 Å². The lowest BCUT2D eigenvalue weighted by molar-refractivity contribution is -0.136. The molecule has 0 fully saturated rings. The molecule has 4 nitrogen and oxygen atoms in total. The molecule has 0 aromatic heterocycles. The summed E-state index contributed by atoms with van der Waals surface area (Å²) in [6.07, 6.45) is -0.0563. The lowest BCUT2D eigenvalue weighted by Crippen LogP contribution is -2.05. The first-order valence-electron chi connectivity index (χ1n) is 9.32. The van der Waals surface area contributed by atoms with Crippen LogP contribution >= 0.6 is 0 Å². The molecule has 144 valence electrons. The summed E-state index contributed by atoms with van der Waals surface area (Å²) in [6.45, 7) is 4.43. The van der Waals surface area contributed by atoms with E-state index in [1.54, 1.807) is 6.07 Å². The van der Waals surface area contributed by atoms with Gasteiger partial charge in [-0.15, -0.1) is 0 Å². The minimum absolute atomic E-state index is 0.0162. The molecule has 3 N–H and O–H groups in total. The van der Waals surface area contributed by atoms with E-state index in [0.29, 0.717) is 17.9 Å². The van der Waals surface area contributed by atoms with Gasteiger partial charge >= 0.3 is 5.97 Å². The van der Waals surface area contributed by atoms with Gasteiger partial charge in [0.05, 0.1) is 6.42 Å². The fourth-order valence-corrected chi connectivity index (χ4v) is 3.25. The van der Waals surface area contributed by atoms with Crippen molar-refractivity contribution in [1.82, 2.24) is 0 Å². The molecule has 0 aliphatic rings. The van der Waals surface area contributed by atoms with Gasteiger partial charge in [-0.2, -0.15) is 0 Å². The summed E-state index contributed by atoms with van der Waals surface area (Å²) in [5.74, 6) is -0.267. The second-order valence-electron chi connectivity index (χ2n) is 6.97. The number of aliphatic carboxylic acids is 1. The van der Waals surface area contributed by atoms with E-state index >= 15 is 0 Å². The number of rotatable bonds is 7. The first kappa shape index (κ1) is 19.6. The third-order valence-corrected chi connectivity index (χ3v) is 4.87. The van der Waals surface area contributed by atoms with Crippen molar-refractivity contribution in [3.63, 3.8) is 0 Å². The number of carbonyl (C=O) groups is 1. The Labute approximate surface area is 165 Å². The Bertz CT molecular complexity index is 979. The summed E-state index contributed by atoms with van der Waals surface area (Å²) < 4.78 is 5.97. The number of carboxylic acids is 1. The number of hydrogen-bond acceptors (Lipinski definition) is 3. The van der Waals surface area contributed by atoms with E-state index in [1.165, 1.54) is 0 Å². The third kappa shape index (κ3) is 4.59. The molecule has 3 aromatic rings. The number of ether oxygens (including phenoxy) is 1. The number of nitrogens with two attached hydrogens (primary N) is 1. The second-order valence-corrected chi connectivity index (χ2v) is 6.97. The van der Waals surface area contributed by atoms with Gasteiger partial charge in [-0.3, -0.25) is 4.79 Å². The minimum Gasteiger partial charge on any atom is -0.489 e. The van der Waals surface area contributed by atoms with Crippen molar-refractivity contribution < 1.29 is 14.6 Å². The summed E-state index contributed by atoms with van der Waals surface area (Å²) >= 11 is 0. The summed E-state index contributed by atoms with van der Waals surface area (Å²) in [5, 5.41) is 9.08. The standard InChI is InChI=1S/C24H25NO3/c1-16-21(15-28-23-12-4-3-7-20(23)14-24(26)27)10-6-11-22(16)19-9-5-8-18(13-19)17(2)25/h3-13,17H,14-15,25H2,1-2H3,(H,26,27)/t17-/m1/s1. The number of carboxylic acid groups (broad SMARTS) is 1. The highest BCUT2D eigenvalue weighted by Gasteiger charge is 2.11. The first-order chi connectivity index (χ1) is 13.5. The predicted molar refractivity (Wildman–Crippen MR) is 111 cm³/mol. The Morgan fingerprint density at radius 2 is 1.75 bits per heavy atom. The zero-order chi connectivity index (χ0) is 20.1. The van der Waals surface area contributed by atoms with Crippen LogP contribution in [0.5, 0.6) is 5.75 Å². The lowest BCUT2D eigenvalue weighted by Gasteiger charge is -2.15. The van der Waals surface area contributed by atoms with E-state index < -0.39 is 5.97 Å². The minimum atomic E-state index is -0.872. The number of para-hydroxylation sites is 1. The Morgan fingerprint density at radius 3 is 2.50 bits per heavy atom. The highest BCUT2D eigenvalue weighted by molar-refractivity contribution is 5.71. The largest absolute Gasteiger partial charge is 0.489 e. The number of benzene rings is 3. The van der Waals surface area contributed by atoms with Gasteiger partial charge in [-0.25, -0.2) is 0 Å². The fraction of sp³-hybridized carbons (Fsp3) is 0.208. The summed E-state index contributed by atoms with van der Waals surface area (Å²) in [4.78, 5) is 11.1. The maximum Gasteiger partial charge on any atom is 0.307 e. The Morgan fingerprint density at radius 1 is 1.04 bits per heavy atom. The Hall–Kier alpha value is -3.11. The van der Waals surface area contributed by atoms with E-state index in [9.17, 15) is 4.79 Å². The quantitative estimate of drug-likeness (QED) is 0.617. The van der Waals surface area contributed by atoms with Crippen LogP contribution in [0.15, 0.2) is 66.7 Å². The predicted octanol–water partition coefficient (Wildman–Crippen LogP) is 4.89. The Kier molecular flexibility index (Phi) is 6.12. The van der Waals surface area contributed by atoms with Crippen molar-refractivity contribution in [2.24, 2.45) is 5.73 Å². The molecule has 28 heavy (non-hydrogen) atoms. The van der Waals surface area contributed by atoms with E-state index in [-0.39, 0.29) is 12.5 Å². The van der Waals surface area contributed by atoms with Crippen molar-refractivity contribution >= 4 is 5.97 Å². The molecule has 0 heterocycles. The SMILES string of the molecule is Cc1c(COc2ccccc2CC(=O)O)cccc1-c1cccc([C@@H](C)N)c1. The molecule has 0 unspecified atom stereocenters. The molecular weight excluding hydrogens is 350 g/mol. The summed E-state index contributed by atoms with van der Waals surface area (Å²) in [7, 11) is 0. The van der Waals surface area contributed by atoms with E-state index in [1.807, 2.05) is 49.4 Å². The molecule has 3 aromatic carbocycles. The second kappa shape index (κ2) is 8.72. The van der Waals surface area contributed by atoms with Crippen molar-refractivity contribution in [2.75, 3.05) is 0 Å². The molecule has 0 saturated heterocycles. The average Bonchev–Trinajstić information content (AvgIpc) is 2.68. The van der Waals surface area contributed by atoms with Crippen molar-refractivity contribution in [2.45, 2.75) is 32.9 Å². The first-order valence-corrected chi connectivity index (χ1v) is 9.32. The highest BCUT2D eigenvalue weighted by atomic mass is 16.5. The van der Waals surface area contributed by atoms with Gasteiger partial charge in [0.2, 0.25) is 0 Å². The van der Waals surface area contributed by atoms with Gasteiger partial charge in [0.15, 0.2) is 0 Å². The molecule has 0 amide bonds. The van der Waals surface area contributed by atoms with Gasteiger partial charge in [0, 0.05) is 11.6 Å². The monoisotopic (exact) mass is 375 g/mol. The molecular formula is C24H25NO3. The summed E-state index contributed by atoms with van der Waals surface area (Å²) in [5.41, 5.74) is 12.3. The van der Waals surface area contributed by atoms with Crippen LogP contribution in [0.2, 0.25) is 0 Å². The van der Waals surface area contributed by atoms with Crippen molar-refractivity contribution in [3.8, 4) is 16.9 Å². The maximum atomic E-state index is 11.1. The van der Waals surface area contributed by atoms with E-state index in [2.05, 4.69) is 25.1 Å². The Balaban J connectivity index is 1.85.